The highest BCUT2D eigenvalue weighted by molar-refractivity contribution is 6.23. The third kappa shape index (κ3) is 4.08. The Morgan fingerprint density at radius 1 is 1.00 bits per heavy atom. The van der Waals surface area contributed by atoms with Gasteiger partial charge in [0.15, 0.2) is 0 Å². The maximum atomic E-state index is 13.0. The van der Waals surface area contributed by atoms with E-state index in [1.54, 1.807) is 55.5 Å². The van der Waals surface area contributed by atoms with E-state index in [1.165, 1.54) is 0 Å². The number of benzene rings is 2. The number of imide groups is 1. The number of amides is 4. The molecule has 156 valence electrons. The SMILES string of the molecule is CC[C@@H](C(=O)Nc1ccccc1C(=O)NCCCO)N1C(=O)c2ccccc2C1=O. The maximum Gasteiger partial charge on any atom is 0.262 e. The average Bonchev–Trinajstić information content (AvgIpc) is 3.00. The minimum absolute atomic E-state index is 0.0445. The zero-order valence-corrected chi connectivity index (χ0v) is 16.6. The largest absolute Gasteiger partial charge is 0.396 e. The van der Waals surface area contributed by atoms with E-state index in [2.05, 4.69) is 10.6 Å². The zero-order valence-electron chi connectivity index (χ0n) is 16.6. The fraction of sp³-hybridized carbons (Fsp3) is 0.273. The second-order valence-corrected chi connectivity index (χ2v) is 6.82. The Labute approximate surface area is 173 Å². The first-order valence-electron chi connectivity index (χ1n) is 9.75. The van der Waals surface area contributed by atoms with Gasteiger partial charge in [0.05, 0.1) is 22.4 Å². The highest BCUT2D eigenvalue weighted by Crippen LogP contribution is 2.26. The summed E-state index contributed by atoms with van der Waals surface area (Å²) in [6, 6.07) is 11.9. The molecule has 1 atom stereocenters. The van der Waals surface area contributed by atoms with Crippen LogP contribution in [0.1, 0.15) is 50.8 Å². The molecule has 2 aromatic rings. The van der Waals surface area contributed by atoms with Crippen LogP contribution in [0.15, 0.2) is 48.5 Å². The fourth-order valence-corrected chi connectivity index (χ4v) is 3.36. The Morgan fingerprint density at radius 3 is 2.20 bits per heavy atom. The van der Waals surface area contributed by atoms with Gasteiger partial charge in [-0.1, -0.05) is 31.2 Å². The van der Waals surface area contributed by atoms with Gasteiger partial charge < -0.3 is 15.7 Å². The predicted octanol–water partition coefficient (Wildman–Crippen LogP) is 1.81. The second-order valence-electron chi connectivity index (χ2n) is 6.82. The topological polar surface area (TPSA) is 116 Å². The highest BCUT2D eigenvalue weighted by Gasteiger charge is 2.42. The summed E-state index contributed by atoms with van der Waals surface area (Å²) in [4.78, 5) is 51.8. The molecule has 4 amide bonds. The Hall–Kier alpha value is -3.52. The summed E-state index contributed by atoms with van der Waals surface area (Å²) >= 11 is 0. The number of fused-ring (bicyclic) bond motifs is 1. The van der Waals surface area contributed by atoms with Gasteiger partial charge in [0, 0.05) is 13.2 Å². The van der Waals surface area contributed by atoms with Crippen molar-refractivity contribution < 1.29 is 24.3 Å². The van der Waals surface area contributed by atoms with Gasteiger partial charge in [-0.05, 0) is 37.1 Å². The van der Waals surface area contributed by atoms with E-state index in [0.29, 0.717) is 13.0 Å². The molecular weight excluding hydrogens is 386 g/mol. The Morgan fingerprint density at radius 2 is 1.60 bits per heavy atom. The van der Waals surface area contributed by atoms with Gasteiger partial charge in [-0.3, -0.25) is 24.1 Å². The molecule has 8 heteroatoms. The van der Waals surface area contributed by atoms with E-state index < -0.39 is 29.7 Å². The van der Waals surface area contributed by atoms with E-state index in [4.69, 9.17) is 5.11 Å². The second kappa shape index (κ2) is 9.32. The van der Waals surface area contributed by atoms with Gasteiger partial charge >= 0.3 is 0 Å². The standard InChI is InChI=1S/C22H23N3O5/c1-2-18(25-21(29)14-8-3-4-9-15(14)22(25)30)20(28)24-17-11-6-5-10-16(17)19(27)23-12-7-13-26/h3-6,8-11,18,26H,2,7,12-13H2,1H3,(H,23,27)(H,24,28)/t18-/m0/s1. The van der Waals surface area contributed by atoms with Gasteiger partial charge in [0.25, 0.3) is 17.7 Å². The number of para-hydroxylation sites is 1. The number of hydrogen-bond donors (Lipinski definition) is 3. The Bertz CT molecular complexity index is 953. The van der Waals surface area contributed by atoms with Crippen LogP contribution in [0.3, 0.4) is 0 Å². The van der Waals surface area contributed by atoms with Crippen LogP contribution in [0.25, 0.3) is 0 Å². The van der Waals surface area contributed by atoms with Crippen molar-refractivity contribution in [2.75, 3.05) is 18.5 Å². The van der Waals surface area contributed by atoms with Crippen molar-refractivity contribution in [1.29, 1.82) is 0 Å². The molecule has 0 fully saturated rings. The van der Waals surface area contributed by atoms with Gasteiger partial charge in [-0.25, -0.2) is 0 Å². The molecule has 0 spiro atoms. The summed E-state index contributed by atoms with van der Waals surface area (Å²) in [6.07, 6.45) is 0.639. The lowest BCUT2D eigenvalue weighted by Crippen LogP contribution is -2.47. The van der Waals surface area contributed by atoms with Crippen molar-refractivity contribution in [3.63, 3.8) is 0 Å². The van der Waals surface area contributed by atoms with E-state index in [9.17, 15) is 19.2 Å². The minimum atomic E-state index is -1.01. The lowest BCUT2D eigenvalue weighted by Gasteiger charge is -2.24. The third-order valence-electron chi connectivity index (χ3n) is 4.88. The number of nitrogens with zero attached hydrogens (tertiary/aromatic N) is 1. The van der Waals surface area contributed by atoms with Crippen LogP contribution in [-0.2, 0) is 4.79 Å². The molecule has 0 bridgehead atoms. The molecule has 2 aromatic carbocycles. The number of carbonyl (C=O) groups excluding carboxylic acids is 4. The summed E-state index contributed by atoms with van der Waals surface area (Å²) in [5.74, 6) is -1.96. The van der Waals surface area contributed by atoms with E-state index in [0.717, 1.165) is 4.90 Å². The summed E-state index contributed by atoms with van der Waals surface area (Å²) in [7, 11) is 0. The summed E-state index contributed by atoms with van der Waals surface area (Å²) < 4.78 is 0. The van der Waals surface area contributed by atoms with Crippen molar-refractivity contribution >= 4 is 29.3 Å². The van der Waals surface area contributed by atoms with Crippen LogP contribution >= 0.6 is 0 Å². The Balaban J connectivity index is 1.80. The first-order chi connectivity index (χ1) is 14.5. The van der Waals surface area contributed by atoms with Crippen LogP contribution in [-0.4, -0.2) is 52.8 Å². The van der Waals surface area contributed by atoms with Gasteiger partial charge in [0.1, 0.15) is 6.04 Å². The van der Waals surface area contributed by atoms with Crippen LogP contribution in [0.5, 0.6) is 0 Å². The number of anilines is 1. The molecular formula is C22H23N3O5. The molecule has 0 saturated heterocycles. The van der Waals surface area contributed by atoms with Crippen LogP contribution in [0, 0.1) is 0 Å². The maximum absolute atomic E-state index is 13.0. The molecule has 0 saturated carbocycles. The van der Waals surface area contributed by atoms with Crippen molar-refractivity contribution in [1.82, 2.24) is 10.2 Å². The molecule has 1 aliphatic heterocycles. The first-order valence-corrected chi connectivity index (χ1v) is 9.75. The number of aliphatic hydroxyl groups is 1. The van der Waals surface area contributed by atoms with Crippen molar-refractivity contribution in [3.8, 4) is 0 Å². The molecule has 1 aliphatic rings. The molecule has 30 heavy (non-hydrogen) atoms. The fourth-order valence-electron chi connectivity index (χ4n) is 3.36. The Kier molecular flexibility index (Phi) is 6.58. The lowest BCUT2D eigenvalue weighted by molar-refractivity contribution is -0.120. The van der Waals surface area contributed by atoms with E-state index >= 15 is 0 Å². The van der Waals surface area contributed by atoms with Gasteiger partial charge in [0.2, 0.25) is 5.91 Å². The molecule has 3 rings (SSSR count). The lowest BCUT2D eigenvalue weighted by atomic mass is 10.1. The number of rotatable bonds is 8. The smallest absolute Gasteiger partial charge is 0.262 e. The molecule has 3 N–H and O–H groups in total. The third-order valence-corrected chi connectivity index (χ3v) is 4.88. The highest BCUT2D eigenvalue weighted by atomic mass is 16.3. The van der Waals surface area contributed by atoms with Gasteiger partial charge in [-0.15, -0.1) is 0 Å². The number of carbonyl (C=O) groups is 4. The quantitative estimate of drug-likeness (QED) is 0.454. The first kappa shape index (κ1) is 21.2. The molecule has 0 radical (unpaired) electrons. The number of aliphatic hydroxyl groups excluding tert-OH is 1. The minimum Gasteiger partial charge on any atom is -0.396 e. The zero-order chi connectivity index (χ0) is 21.7. The average molecular weight is 409 g/mol. The van der Waals surface area contributed by atoms with Crippen LogP contribution in [0.4, 0.5) is 5.69 Å². The normalized spacial score (nSPS) is 13.7. The molecule has 8 nitrogen and oxygen atoms in total. The van der Waals surface area contributed by atoms with Crippen molar-refractivity contribution in [2.45, 2.75) is 25.8 Å². The monoisotopic (exact) mass is 409 g/mol. The molecule has 1 heterocycles. The van der Waals surface area contributed by atoms with Crippen molar-refractivity contribution in [3.05, 3.63) is 65.2 Å². The molecule has 0 unspecified atom stereocenters. The number of nitrogens with one attached hydrogen (secondary N) is 2. The molecule has 0 aliphatic carbocycles. The summed E-state index contributed by atoms with van der Waals surface area (Å²) in [5, 5.41) is 14.2. The molecule has 0 aromatic heterocycles. The summed E-state index contributed by atoms with van der Waals surface area (Å²) in [5.41, 5.74) is 1.08. The van der Waals surface area contributed by atoms with E-state index in [1.807, 2.05) is 0 Å². The van der Waals surface area contributed by atoms with E-state index in [-0.39, 0.29) is 35.4 Å². The predicted molar refractivity (Wildman–Crippen MR) is 110 cm³/mol. The number of hydrogen-bond acceptors (Lipinski definition) is 5. The van der Waals surface area contributed by atoms with Crippen LogP contribution < -0.4 is 10.6 Å². The summed E-state index contributed by atoms with van der Waals surface area (Å²) in [6.45, 7) is 1.96. The van der Waals surface area contributed by atoms with Gasteiger partial charge in [-0.2, -0.15) is 0 Å². The van der Waals surface area contributed by atoms with Crippen molar-refractivity contribution in [2.24, 2.45) is 0 Å². The van der Waals surface area contributed by atoms with Crippen LogP contribution in [0.2, 0.25) is 0 Å².